The van der Waals surface area contributed by atoms with Crippen LogP contribution in [0.25, 0.3) is 15.2 Å². The fraction of sp³-hybridized carbons (Fsp3) is 0.250. The Morgan fingerprint density at radius 1 is 1.47 bits per heavy atom. The van der Waals surface area contributed by atoms with Crippen molar-refractivity contribution in [3.05, 3.63) is 36.2 Å². The lowest BCUT2D eigenvalue weighted by atomic mass is 10.1. The van der Waals surface area contributed by atoms with E-state index in [-0.39, 0.29) is 12.6 Å². The molecule has 0 radical (unpaired) electrons. The fourth-order valence-electron chi connectivity index (χ4n) is 1.98. The van der Waals surface area contributed by atoms with Crippen molar-refractivity contribution in [2.75, 3.05) is 6.61 Å². The number of thiazole rings is 1. The maximum Gasteiger partial charge on any atom is 0.194 e. The van der Waals surface area contributed by atoms with Crippen LogP contribution in [-0.4, -0.2) is 27.1 Å². The van der Waals surface area contributed by atoms with E-state index in [1.54, 1.807) is 17.5 Å². The zero-order chi connectivity index (χ0) is 11.8. The largest absolute Gasteiger partial charge is 0.395 e. The standard InChI is InChI=1S/C12H13N3OS/c13-9(7-16)5-8-1-2-10-11(6-8)17-12-14-3-4-15(10)12/h1-4,6,9,16H,5,7,13H2. The summed E-state index contributed by atoms with van der Waals surface area (Å²) in [6.45, 7) is 0.0196. The average molecular weight is 247 g/mol. The van der Waals surface area contributed by atoms with Gasteiger partial charge in [0, 0.05) is 18.4 Å². The summed E-state index contributed by atoms with van der Waals surface area (Å²) in [5, 5.41) is 8.95. The Bertz CT molecular complexity index is 658. The third-order valence-electron chi connectivity index (χ3n) is 2.82. The normalized spacial score (nSPS) is 13.5. The molecule has 0 aliphatic heterocycles. The van der Waals surface area contributed by atoms with Crippen molar-refractivity contribution < 1.29 is 5.11 Å². The Kier molecular flexibility index (Phi) is 2.58. The predicted octanol–water partition coefficient (Wildman–Crippen LogP) is 1.41. The van der Waals surface area contributed by atoms with Gasteiger partial charge in [0.15, 0.2) is 4.96 Å². The lowest BCUT2D eigenvalue weighted by molar-refractivity contribution is 0.265. The first-order valence-corrected chi connectivity index (χ1v) is 6.30. The third-order valence-corrected chi connectivity index (χ3v) is 3.86. The Morgan fingerprint density at radius 3 is 3.18 bits per heavy atom. The van der Waals surface area contributed by atoms with Crippen molar-refractivity contribution in [2.45, 2.75) is 12.5 Å². The molecule has 0 fully saturated rings. The summed E-state index contributed by atoms with van der Waals surface area (Å²) in [4.78, 5) is 5.28. The number of fused-ring (bicyclic) bond motifs is 3. The molecule has 1 unspecified atom stereocenters. The molecule has 3 rings (SSSR count). The van der Waals surface area contributed by atoms with Crippen molar-refractivity contribution in [3.63, 3.8) is 0 Å². The number of aliphatic hydroxyl groups excluding tert-OH is 1. The Balaban J connectivity index is 2.06. The minimum atomic E-state index is -0.184. The van der Waals surface area contributed by atoms with Gasteiger partial charge in [0.2, 0.25) is 0 Å². The van der Waals surface area contributed by atoms with Crippen molar-refractivity contribution in [2.24, 2.45) is 5.73 Å². The molecule has 17 heavy (non-hydrogen) atoms. The number of imidazole rings is 1. The molecule has 1 aromatic carbocycles. The van der Waals surface area contributed by atoms with Gasteiger partial charge in [-0.05, 0) is 24.1 Å². The van der Waals surface area contributed by atoms with Crippen LogP contribution in [0.2, 0.25) is 0 Å². The maximum absolute atomic E-state index is 8.95. The van der Waals surface area contributed by atoms with Crippen molar-refractivity contribution in [1.29, 1.82) is 0 Å². The first-order chi connectivity index (χ1) is 8.28. The number of benzene rings is 1. The topological polar surface area (TPSA) is 63.5 Å². The van der Waals surface area contributed by atoms with Gasteiger partial charge in [-0.3, -0.25) is 4.40 Å². The highest BCUT2D eigenvalue weighted by molar-refractivity contribution is 7.23. The molecule has 0 saturated carbocycles. The highest BCUT2D eigenvalue weighted by atomic mass is 32.1. The molecule has 4 nitrogen and oxygen atoms in total. The van der Waals surface area contributed by atoms with Crippen LogP contribution in [0.1, 0.15) is 5.56 Å². The summed E-state index contributed by atoms with van der Waals surface area (Å²) in [6.07, 6.45) is 4.47. The zero-order valence-corrected chi connectivity index (χ0v) is 10.0. The number of hydrogen-bond donors (Lipinski definition) is 2. The first-order valence-electron chi connectivity index (χ1n) is 5.49. The molecule has 0 amide bonds. The summed E-state index contributed by atoms with van der Waals surface area (Å²) in [5.74, 6) is 0. The highest BCUT2D eigenvalue weighted by Gasteiger charge is 2.07. The number of rotatable bonds is 3. The van der Waals surface area contributed by atoms with E-state index in [1.165, 1.54) is 10.2 Å². The highest BCUT2D eigenvalue weighted by Crippen LogP contribution is 2.26. The van der Waals surface area contributed by atoms with Gasteiger partial charge in [0.25, 0.3) is 0 Å². The molecule has 5 heteroatoms. The molecule has 0 aliphatic carbocycles. The van der Waals surface area contributed by atoms with Crippen LogP contribution in [0.15, 0.2) is 30.6 Å². The molecule has 0 spiro atoms. The van der Waals surface area contributed by atoms with Crippen LogP contribution >= 0.6 is 11.3 Å². The van der Waals surface area contributed by atoms with Crippen molar-refractivity contribution in [3.8, 4) is 0 Å². The van der Waals surface area contributed by atoms with Crippen LogP contribution in [0.5, 0.6) is 0 Å². The van der Waals surface area contributed by atoms with E-state index in [0.29, 0.717) is 6.42 Å². The zero-order valence-electron chi connectivity index (χ0n) is 9.21. The quantitative estimate of drug-likeness (QED) is 0.735. The molecule has 0 aliphatic rings. The average Bonchev–Trinajstić information content (AvgIpc) is 2.88. The maximum atomic E-state index is 8.95. The third kappa shape index (κ3) is 1.82. The SMILES string of the molecule is NC(CO)Cc1ccc2c(c1)sc1nccn12. The molecular formula is C12H13N3OS. The lowest BCUT2D eigenvalue weighted by Crippen LogP contribution is -2.26. The smallest absolute Gasteiger partial charge is 0.194 e. The summed E-state index contributed by atoms with van der Waals surface area (Å²) >= 11 is 1.67. The molecule has 3 aromatic rings. The van der Waals surface area contributed by atoms with Crippen LogP contribution in [0, 0.1) is 0 Å². The van der Waals surface area contributed by atoms with E-state index < -0.39 is 0 Å². The van der Waals surface area contributed by atoms with Gasteiger partial charge in [0.1, 0.15) is 0 Å². The Morgan fingerprint density at radius 2 is 2.35 bits per heavy atom. The molecule has 0 saturated heterocycles. The van der Waals surface area contributed by atoms with E-state index in [2.05, 4.69) is 27.6 Å². The second-order valence-electron chi connectivity index (χ2n) is 4.13. The van der Waals surface area contributed by atoms with Gasteiger partial charge in [0.05, 0.1) is 16.8 Å². The predicted molar refractivity (Wildman–Crippen MR) is 69.3 cm³/mol. The van der Waals surface area contributed by atoms with Crippen LogP contribution in [0.4, 0.5) is 0 Å². The van der Waals surface area contributed by atoms with Crippen LogP contribution in [-0.2, 0) is 6.42 Å². The first kappa shape index (κ1) is 10.7. The molecule has 88 valence electrons. The van der Waals surface area contributed by atoms with Gasteiger partial charge in [-0.2, -0.15) is 0 Å². The molecular weight excluding hydrogens is 234 g/mol. The minimum Gasteiger partial charge on any atom is -0.395 e. The second-order valence-corrected chi connectivity index (χ2v) is 5.14. The number of nitrogens with zero attached hydrogens (tertiary/aromatic N) is 2. The van der Waals surface area contributed by atoms with E-state index in [1.807, 2.05) is 6.20 Å². The van der Waals surface area contributed by atoms with Crippen LogP contribution in [0.3, 0.4) is 0 Å². The van der Waals surface area contributed by atoms with Crippen molar-refractivity contribution >= 4 is 26.5 Å². The van der Waals surface area contributed by atoms with E-state index >= 15 is 0 Å². The van der Waals surface area contributed by atoms with Gasteiger partial charge < -0.3 is 10.8 Å². The molecule has 2 heterocycles. The minimum absolute atomic E-state index is 0.0196. The summed E-state index contributed by atoms with van der Waals surface area (Å²) in [7, 11) is 0. The van der Waals surface area contributed by atoms with Crippen molar-refractivity contribution in [1.82, 2.24) is 9.38 Å². The van der Waals surface area contributed by atoms with E-state index in [9.17, 15) is 0 Å². The van der Waals surface area contributed by atoms with Gasteiger partial charge >= 0.3 is 0 Å². The summed E-state index contributed by atoms with van der Waals surface area (Å²) < 4.78 is 3.28. The molecule has 1 atom stereocenters. The monoisotopic (exact) mass is 247 g/mol. The van der Waals surface area contributed by atoms with Gasteiger partial charge in [-0.25, -0.2) is 4.98 Å². The lowest BCUT2D eigenvalue weighted by Gasteiger charge is -2.07. The summed E-state index contributed by atoms with van der Waals surface area (Å²) in [5.41, 5.74) is 8.07. The Hall–Kier alpha value is -1.43. The van der Waals surface area contributed by atoms with Gasteiger partial charge in [-0.15, -0.1) is 0 Å². The molecule has 0 bridgehead atoms. The van der Waals surface area contributed by atoms with E-state index in [0.717, 1.165) is 10.5 Å². The number of aliphatic hydroxyl groups is 1. The molecule has 3 N–H and O–H groups in total. The number of aromatic nitrogens is 2. The van der Waals surface area contributed by atoms with Crippen LogP contribution < -0.4 is 5.73 Å². The number of hydrogen-bond acceptors (Lipinski definition) is 4. The van der Waals surface area contributed by atoms with E-state index in [4.69, 9.17) is 10.8 Å². The molecule has 2 aromatic heterocycles. The fourth-order valence-corrected chi connectivity index (χ4v) is 3.03. The summed E-state index contributed by atoms with van der Waals surface area (Å²) in [6, 6.07) is 6.09. The Labute approximate surface area is 102 Å². The second kappa shape index (κ2) is 4.10. The number of nitrogens with two attached hydrogens (primary N) is 1. The van der Waals surface area contributed by atoms with Gasteiger partial charge in [-0.1, -0.05) is 17.4 Å².